The van der Waals surface area contributed by atoms with E-state index in [9.17, 15) is 9.90 Å². The van der Waals surface area contributed by atoms with E-state index >= 15 is 0 Å². The Balaban J connectivity index is 1.51. The summed E-state index contributed by atoms with van der Waals surface area (Å²) in [5, 5.41) is 14.4. The van der Waals surface area contributed by atoms with Crippen molar-refractivity contribution in [3.8, 4) is 11.5 Å². The van der Waals surface area contributed by atoms with E-state index in [-0.39, 0.29) is 19.1 Å². The van der Waals surface area contributed by atoms with Crippen molar-refractivity contribution in [1.82, 2.24) is 10.2 Å². The van der Waals surface area contributed by atoms with Crippen molar-refractivity contribution in [2.75, 3.05) is 33.4 Å². The summed E-state index contributed by atoms with van der Waals surface area (Å²) in [5.74, 6) is 1.22. The molecule has 1 aliphatic rings. The zero-order valence-corrected chi connectivity index (χ0v) is 18.2. The number of carbonyl (C=O) groups is 1. The van der Waals surface area contributed by atoms with Crippen molar-refractivity contribution in [2.24, 2.45) is 0 Å². The number of benzene rings is 2. The fraction of sp³-hybridized carbons (Fsp3) is 0.435. The molecular weight excluding hydrogens is 404 g/mol. The SMILES string of the molecule is COc1ccccc1CNC(=O)CN1CCC[C@@](O)(COc2cc(C)ccc2Cl)C1. The van der Waals surface area contributed by atoms with E-state index in [1.807, 2.05) is 48.2 Å². The second-order valence-corrected chi connectivity index (χ2v) is 8.26. The van der Waals surface area contributed by atoms with Gasteiger partial charge in [-0.2, -0.15) is 0 Å². The Morgan fingerprint density at radius 1 is 1.27 bits per heavy atom. The Labute approximate surface area is 182 Å². The maximum atomic E-state index is 12.4. The van der Waals surface area contributed by atoms with Crippen LogP contribution in [-0.2, 0) is 11.3 Å². The quantitative estimate of drug-likeness (QED) is 0.670. The monoisotopic (exact) mass is 432 g/mol. The molecule has 2 aromatic carbocycles. The van der Waals surface area contributed by atoms with E-state index in [0.717, 1.165) is 29.8 Å². The first-order valence-corrected chi connectivity index (χ1v) is 10.5. The molecule has 1 atom stereocenters. The molecule has 0 unspecified atom stereocenters. The summed E-state index contributed by atoms with van der Waals surface area (Å²) in [4.78, 5) is 14.4. The van der Waals surface area contributed by atoms with Crippen LogP contribution in [0.5, 0.6) is 11.5 Å². The minimum absolute atomic E-state index is 0.0900. The Morgan fingerprint density at radius 2 is 2.07 bits per heavy atom. The lowest BCUT2D eigenvalue weighted by Gasteiger charge is -2.38. The highest BCUT2D eigenvalue weighted by molar-refractivity contribution is 6.32. The third kappa shape index (κ3) is 6.11. The first-order valence-electron chi connectivity index (χ1n) is 10.1. The van der Waals surface area contributed by atoms with Crippen molar-refractivity contribution in [3.05, 3.63) is 58.6 Å². The first-order chi connectivity index (χ1) is 14.4. The number of carbonyl (C=O) groups excluding carboxylic acids is 1. The van der Waals surface area contributed by atoms with Crippen LogP contribution in [0.4, 0.5) is 0 Å². The van der Waals surface area contributed by atoms with E-state index < -0.39 is 5.60 Å². The van der Waals surface area contributed by atoms with Crippen LogP contribution in [0, 0.1) is 6.92 Å². The minimum Gasteiger partial charge on any atom is -0.496 e. The maximum absolute atomic E-state index is 12.4. The number of rotatable bonds is 8. The molecule has 6 nitrogen and oxygen atoms in total. The van der Waals surface area contributed by atoms with Gasteiger partial charge in [-0.25, -0.2) is 0 Å². The van der Waals surface area contributed by atoms with Gasteiger partial charge >= 0.3 is 0 Å². The highest BCUT2D eigenvalue weighted by Gasteiger charge is 2.35. The topological polar surface area (TPSA) is 71.0 Å². The molecule has 1 heterocycles. The maximum Gasteiger partial charge on any atom is 0.234 e. The zero-order chi connectivity index (χ0) is 21.6. The number of nitrogens with zero attached hydrogens (tertiary/aromatic N) is 1. The molecule has 0 saturated carbocycles. The largest absolute Gasteiger partial charge is 0.496 e. The number of aryl methyl sites for hydroxylation is 1. The summed E-state index contributed by atoms with van der Waals surface area (Å²) in [6.45, 7) is 3.85. The van der Waals surface area contributed by atoms with Crippen molar-refractivity contribution >= 4 is 17.5 Å². The van der Waals surface area contributed by atoms with E-state index in [4.69, 9.17) is 21.1 Å². The number of para-hydroxylation sites is 1. The fourth-order valence-electron chi connectivity index (χ4n) is 3.69. The summed E-state index contributed by atoms with van der Waals surface area (Å²) < 4.78 is 11.1. The number of ether oxygens (including phenoxy) is 2. The van der Waals surface area contributed by atoms with Gasteiger partial charge in [-0.1, -0.05) is 35.9 Å². The van der Waals surface area contributed by atoms with Crippen molar-refractivity contribution in [1.29, 1.82) is 0 Å². The van der Waals surface area contributed by atoms with Gasteiger partial charge in [-0.05, 0) is 50.1 Å². The van der Waals surface area contributed by atoms with Crippen molar-refractivity contribution < 1.29 is 19.4 Å². The lowest BCUT2D eigenvalue weighted by molar-refractivity contribution is -0.124. The Bertz CT molecular complexity index is 876. The predicted molar refractivity (Wildman–Crippen MR) is 117 cm³/mol. The summed E-state index contributed by atoms with van der Waals surface area (Å²) in [6, 6.07) is 13.2. The molecule has 30 heavy (non-hydrogen) atoms. The molecule has 1 fully saturated rings. The molecule has 162 valence electrons. The van der Waals surface area contributed by atoms with Gasteiger partial charge in [0.1, 0.15) is 23.7 Å². The number of aliphatic hydroxyl groups is 1. The van der Waals surface area contributed by atoms with Gasteiger partial charge in [0.2, 0.25) is 5.91 Å². The third-order valence-electron chi connectivity index (χ3n) is 5.25. The second kappa shape index (κ2) is 10.2. The average Bonchev–Trinajstić information content (AvgIpc) is 2.73. The summed E-state index contributed by atoms with van der Waals surface area (Å²) >= 11 is 6.18. The van der Waals surface area contributed by atoms with E-state index in [0.29, 0.717) is 30.3 Å². The highest BCUT2D eigenvalue weighted by atomic mass is 35.5. The van der Waals surface area contributed by atoms with Gasteiger partial charge < -0.3 is 19.9 Å². The number of β-amino-alcohol motifs (C(OH)–C–C–N with tert-alkyl or cyclic N) is 1. The molecule has 2 aromatic rings. The Kier molecular flexibility index (Phi) is 7.58. The third-order valence-corrected chi connectivity index (χ3v) is 5.57. The van der Waals surface area contributed by atoms with Crippen LogP contribution in [-0.4, -0.2) is 54.9 Å². The van der Waals surface area contributed by atoms with Gasteiger partial charge in [-0.15, -0.1) is 0 Å². The number of methoxy groups -OCH3 is 1. The Hall–Kier alpha value is -2.28. The van der Waals surface area contributed by atoms with Crippen LogP contribution < -0.4 is 14.8 Å². The molecule has 3 rings (SSSR count). The van der Waals surface area contributed by atoms with Gasteiger partial charge in [0.25, 0.3) is 0 Å². The average molecular weight is 433 g/mol. The predicted octanol–water partition coefficient (Wildman–Crippen LogP) is 3.18. The lowest BCUT2D eigenvalue weighted by Crippen LogP contribution is -2.53. The van der Waals surface area contributed by atoms with Crippen LogP contribution in [0.15, 0.2) is 42.5 Å². The molecule has 0 bridgehead atoms. The number of halogens is 1. The van der Waals surface area contributed by atoms with E-state index in [2.05, 4.69) is 5.32 Å². The van der Waals surface area contributed by atoms with Crippen LogP contribution >= 0.6 is 11.6 Å². The van der Waals surface area contributed by atoms with Gasteiger partial charge in [0.05, 0.1) is 18.7 Å². The van der Waals surface area contributed by atoms with Crippen molar-refractivity contribution in [3.63, 3.8) is 0 Å². The number of hydrogen-bond donors (Lipinski definition) is 2. The normalized spacial score (nSPS) is 19.3. The molecule has 1 aliphatic heterocycles. The fourth-order valence-corrected chi connectivity index (χ4v) is 3.87. The number of nitrogens with one attached hydrogen (secondary N) is 1. The summed E-state index contributed by atoms with van der Waals surface area (Å²) in [7, 11) is 1.61. The highest BCUT2D eigenvalue weighted by Crippen LogP contribution is 2.28. The number of likely N-dealkylation sites (tertiary alicyclic amines) is 1. The van der Waals surface area contributed by atoms with Gasteiger partial charge in [0, 0.05) is 18.7 Å². The first kappa shape index (κ1) is 22.4. The molecule has 0 aliphatic carbocycles. The van der Waals surface area contributed by atoms with Crippen LogP contribution in [0.1, 0.15) is 24.0 Å². The molecule has 1 amide bonds. The van der Waals surface area contributed by atoms with Gasteiger partial charge in [0.15, 0.2) is 0 Å². The summed E-state index contributed by atoms with van der Waals surface area (Å²) in [6.07, 6.45) is 1.41. The molecule has 0 spiro atoms. The smallest absolute Gasteiger partial charge is 0.234 e. The summed E-state index contributed by atoms with van der Waals surface area (Å²) in [5.41, 5.74) is 0.944. The molecular formula is C23H29ClN2O4. The number of amides is 1. The molecule has 7 heteroatoms. The molecule has 0 radical (unpaired) electrons. The van der Waals surface area contributed by atoms with E-state index in [1.54, 1.807) is 13.2 Å². The van der Waals surface area contributed by atoms with Gasteiger partial charge in [-0.3, -0.25) is 9.69 Å². The Morgan fingerprint density at radius 3 is 2.87 bits per heavy atom. The molecule has 0 aromatic heterocycles. The van der Waals surface area contributed by atoms with Crippen molar-refractivity contribution in [2.45, 2.75) is 31.9 Å². The van der Waals surface area contributed by atoms with E-state index in [1.165, 1.54) is 0 Å². The number of hydrogen-bond acceptors (Lipinski definition) is 5. The van der Waals surface area contributed by atoms with Crippen LogP contribution in [0.25, 0.3) is 0 Å². The van der Waals surface area contributed by atoms with Crippen LogP contribution in [0.2, 0.25) is 5.02 Å². The zero-order valence-electron chi connectivity index (χ0n) is 17.5. The molecule has 2 N–H and O–H groups in total. The molecule has 1 saturated heterocycles. The standard InChI is InChI=1S/C23H29ClN2O4/c1-17-8-9-19(24)21(12-17)30-16-23(28)10-5-11-26(15-23)14-22(27)25-13-18-6-3-4-7-20(18)29-2/h3-4,6-9,12,28H,5,10-11,13-16H2,1-2H3,(H,25,27)/t23-/m0/s1. The second-order valence-electron chi connectivity index (χ2n) is 7.85. The van der Waals surface area contributed by atoms with Crippen LogP contribution in [0.3, 0.4) is 0 Å². The number of piperidine rings is 1. The lowest BCUT2D eigenvalue weighted by atomic mass is 9.93. The minimum atomic E-state index is -1.02.